The number of carbonyl (C=O) groups excluding carboxylic acids is 1. The van der Waals surface area contributed by atoms with Gasteiger partial charge >= 0.3 is 5.97 Å². The van der Waals surface area contributed by atoms with Gasteiger partial charge in [-0.1, -0.05) is 50.6 Å². The van der Waals surface area contributed by atoms with Gasteiger partial charge in [-0.15, -0.1) is 0 Å². The summed E-state index contributed by atoms with van der Waals surface area (Å²) in [6.07, 6.45) is 0.653. The summed E-state index contributed by atoms with van der Waals surface area (Å²) < 4.78 is 32.4. The number of carbonyl (C=O) groups is 1. The van der Waals surface area contributed by atoms with Crippen molar-refractivity contribution in [3.63, 3.8) is 0 Å². The van der Waals surface area contributed by atoms with Crippen molar-refractivity contribution in [2.75, 3.05) is 7.11 Å². The second-order valence-electron chi connectivity index (χ2n) is 5.52. The van der Waals surface area contributed by atoms with E-state index in [4.69, 9.17) is 4.74 Å². The van der Waals surface area contributed by atoms with Gasteiger partial charge in [0.1, 0.15) is 6.04 Å². The zero-order valence-electron chi connectivity index (χ0n) is 13.4. The summed E-state index contributed by atoms with van der Waals surface area (Å²) in [6, 6.07) is 11.5. The number of nitrogens with one attached hydrogen (secondary N) is 1. The molecule has 0 bridgehead atoms. The average Bonchev–Trinajstić information content (AvgIpc) is 2.57. The lowest BCUT2D eigenvalue weighted by molar-refractivity contribution is -0.143. The van der Waals surface area contributed by atoms with Gasteiger partial charge in [0.05, 0.1) is 12.0 Å². The standard InChI is InChI=1S/C17H21NO4S/c1-4-12(2)16(17(19)22-3)18-23(20,21)15-10-9-13-7-5-6-8-14(13)11-15/h5-12,16,18H,4H2,1-3H3/t12-,16+/m1/s1. The molecule has 0 radical (unpaired) electrons. The van der Waals surface area contributed by atoms with Gasteiger partial charge < -0.3 is 4.74 Å². The normalized spacial score (nSPS) is 14.4. The Balaban J connectivity index is 2.36. The number of ether oxygens (including phenoxy) is 1. The molecule has 2 aromatic rings. The molecule has 0 aliphatic heterocycles. The van der Waals surface area contributed by atoms with Crippen LogP contribution >= 0.6 is 0 Å². The summed E-state index contributed by atoms with van der Waals surface area (Å²) in [5.41, 5.74) is 0. The molecule has 0 unspecified atom stereocenters. The Morgan fingerprint density at radius 2 is 1.83 bits per heavy atom. The molecular formula is C17H21NO4S. The van der Waals surface area contributed by atoms with Crippen molar-refractivity contribution >= 4 is 26.8 Å². The van der Waals surface area contributed by atoms with Crippen molar-refractivity contribution in [1.82, 2.24) is 4.72 Å². The first-order chi connectivity index (χ1) is 10.9. The summed E-state index contributed by atoms with van der Waals surface area (Å²) in [7, 11) is -2.56. The van der Waals surface area contributed by atoms with E-state index in [0.717, 1.165) is 10.8 Å². The zero-order valence-corrected chi connectivity index (χ0v) is 14.3. The SMILES string of the molecule is CC[C@@H](C)[C@H](NS(=O)(=O)c1ccc2ccccc2c1)C(=O)OC. The molecule has 0 fully saturated rings. The molecule has 0 saturated carbocycles. The highest BCUT2D eigenvalue weighted by molar-refractivity contribution is 7.89. The summed E-state index contributed by atoms with van der Waals surface area (Å²) in [5.74, 6) is -0.749. The van der Waals surface area contributed by atoms with Crippen LogP contribution in [0.4, 0.5) is 0 Å². The Morgan fingerprint density at radius 3 is 2.43 bits per heavy atom. The lowest BCUT2D eigenvalue weighted by Gasteiger charge is -2.21. The molecule has 6 heteroatoms. The number of rotatable bonds is 6. The average molecular weight is 335 g/mol. The monoisotopic (exact) mass is 335 g/mol. The van der Waals surface area contributed by atoms with Crippen LogP contribution in [0.25, 0.3) is 10.8 Å². The number of fused-ring (bicyclic) bond motifs is 1. The third kappa shape index (κ3) is 3.89. The predicted molar refractivity (Wildman–Crippen MR) is 89.5 cm³/mol. The second-order valence-corrected chi connectivity index (χ2v) is 7.23. The number of hydrogen-bond donors (Lipinski definition) is 1. The summed E-state index contributed by atoms with van der Waals surface area (Å²) in [6.45, 7) is 3.70. The van der Waals surface area contributed by atoms with Crippen LogP contribution in [0.3, 0.4) is 0 Å². The topological polar surface area (TPSA) is 72.5 Å². The molecule has 0 spiro atoms. The summed E-state index contributed by atoms with van der Waals surface area (Å²) in [4.78, 5) is 12.0. The van der Waals surface area contributed by atoms with Crippen LogP contribution in [0.15, 0.2) is 47.4 Å². The van der Waals surface area contributed by atoms with Gasteiger partial charge in [0.15, 0.2) is 0 Å². The molecule has 0 saturated heterocycles. The maximum absolute atomic E-state index is 12.6. The molecule has 0 amide bonds. The molecule has 124 valence electrons. The minimum atomic E-state index is -3.81. The highest BCUT2D eigenvalue weighted by Gasteiger charge is 2.30. The van der Waals surface area contributed by atoms with Gasteiger partial charge in [0.2, 0.25) is 10.0 Å². The van der Waals surface area contributed by atoms with Gasteiger partial charge in [-0.25, -0.2) is 8.42 Å². The number of benzene rings is 2. The van der Waals surface area contributed by atoms with Crippen LogP contribution in [0.5, 0.6) is 0 Å². The fourth-order valence-electron chi connectivity index (χ4n) is 2.33. The Morgan fingerprint density at radius 1 is 1.17 bits per heavy atom. The smallest absolute Gasteiger partial charge is 0.324 e. The van der Waals surface area contributed by atoms with E-state index in [1.54, 1.807) is 12.1 Å². The quantitative estimate of drug-likeness (QED) is 0.824. The Kier molecular flexibility index (Phi) is 5.38. The molecule has 0 aromatic heterocycles. The fraction of sp³-hybridized carbons (Fsp3) is 0.353. The van der Waals surface area contributed by atoms with Gasteiger partial charge in [-0.2, -0.15) is 4.72 Å². The highest BCUT2D eigenvalue weighted by Crippen LogP contribution is 2.20. The van der Waals surface area contributed by atoms with Crippen LogP contribution in [-0.2, 0) is 19.6 Å². The fourth-order valence-corrected chi connectivity index (χ4v) is 3.66. The molecule has 0 heterocycles. The van der Waals surface area contributed by atoms with E-state index < -0.39 is 22.0 Å². The van der Waals surface area contributed by atoms with Crippen LogP contribution in [-0.4, -0.2) is 27.5 Å². The molecule has 5 nitrogen and oxygen atoms in total. The maximum Gasteiger partial charge on any atom is 0.324 e. The van der Waals surface area contributed by atoms with E-state index >= 15 is 0 Å². The van der Waals surface area contributed by atoms with E-state index in [-0.39, 0.29) is 10.8 Å². The Bertz CT molecular complexity index is 801. The summed E-state index contributed by atoms with van der Waals surface area (Å²) >= 11 is 0. The predicted octanol–water partition coefficient (Wildman–Crippen LogP) is 2.71. The molecule has 2 rings (SSSR count). The van der Waals surface area contributed by atoms with Crippen molar-refractivity contribution in [1.29, 1.82) is 0 Å². The van der Waals surface area contributed by atoms with E-state index in [9.17, 15) is 13.2 Å². The van der Waals surface area contributed by atoms with Crippen molar-refractivity contribution < 1.29 is 17.9 Å². The lowest BCUT2D eigenvalue weighted by Crippen LogP contribution is -2.45. The Labute approximate surface area is 136 Å². The lowest BCUT2D eigenvalue weighted by atomic mass is 10.0. The maximum atomic E-state index is 12.6. The van der Waals surface area contributed by atoms with Crippen LogP contribution in [0.1, 0.15) is 20.3 Å². The molecule has 1 N–H and O–H groups in total. The van der Waals surface area contributed by atoms with Crippen molar-refractivity contribution in [2.24, 2.45) is 5.92 Å². The molecule has 2 atom stereocenters. The molecular weight excluding hydrogens is 314 g/mol. The van der Waals surface area contributed by atoms with E-state index in [1.807, 2.05) is 38.1 Å². The molecule has 0 aliphatic carbocycles. The number of hydrogen-bond acceptors (Lipinski definition) is 4. The number of sulfonamides is 1. The van der Waals surface area contributed by atoms with E-state index in [2.05, 4.69) is 4.72 Å². The summed E-state index contributed by atoms with van der Waals surface area (Å²) in [5, 5.41) is 1.78. The van der Waals surface area contributed by atoms with Crippen LogP contribution in [0.2, 0.25) is 0 Å². The van der Waals surface area contributed by atoms with Crippen molar-refractivity contribution in [2.45, 2.75) is 31.2 Å². The van der Waals surface area contributed by atoms with Crippen molar-refractivity contribution in [3.05, 3.63) is 42.5 Å². The second kappa shape index (κ2) is 7.10. The van der Waals surface area contributed by atoms with Crippen LogP contribution < -0.4 is 4.72 Å². The van der Waals surface area contributed by atoms with Gasteiger partial charge in [0, 0.05) is 0 Å². The first-order valence-corrected chi connectivity index (χ1v) is 8.96. The third-order valence-corrected chi connectivity index (χ3v) is 5.42. The highest BCUT2D eigenvalue weighted by atomic mass is 32.2. The zero-order chi connectivity index (χ0) is 17.0. The molecule has 2 aromatic carbocycles. The minimum absolute atomic E-state index is 0.133. The molecule has 0 aliphatic rings. The molecule has 23 heavy (non-hydrogen) atoms. The van der Waals surface area contributed by atoms with Gasteiger partial charge in [-0.3, -0.25) is 4.79 Å². The number of esters is 1. The third-order valence-electron chi connectivity index (χ3n) is 3.98. The van der Waals surface area contributed by atoms with E-state index in [1.165, 1.54) is 13.2 Å². The van der Waals surface area contributed by atoms with Crippen molar-refractivity contribution in [3.8, 4) is 0 Å². The minimum Gasteiger partial charge on any atom is -0.468 e. The first-order valence-electron chi connectivity index (χ1n) is 7.48. The largest absolute Gasteiger partial charge is 0.468 e. The number of methoxy groups -OCH3 is 1. The van der Waals surface area contributed by atoms with Crippen LogP contribution in [0, 0.1) is 5.92 Å². The van der Waals surface area contributed by atoms with Gasteiger partial charge in [-0.05, 0) is 28.8 Å². The van der Waals surface area contributed by atoms with Gasteiger partial charge in [0.25, 0.3) is 0 Å². The Hall–Kier alpha value is -1.92. The van der Waals surface area contributed by atoms with E-state index in [0.29, 0.717) is 6.42 Å². The first kappa shape index (κ1) is 17.4.